The summed E-state index contributed by atoms with van der Waals surface area (Å²) >= 11 is 0. The van der Waals surface area contributed by atoms with Crippen LogP contribution in [0.4, 0.5) is 10.1 Å². The van der Waals surface area contributed by atoms with Crippen molar-refractivity contribution >= 4 is 27.7 Å². The molecule has 0 fully saturated rings. The molecule has 202 valence electrons. The minimum absolute atomic E-state index is 0.0591. The van der Waals surface area contributed by atoms with E-state index in [0.717, 1.165) is 31.4 Å². The molecule has 0 aliphatic carbocycles. The van der Waals surface area contributed by atoms with Crippen LogP contribution in [-0.2, 0) is 32.8 Å². The first-order chi connectivity index (χ1) is 18.1. The fourth-order valence-corrected chi connectivity index (χ4v) is 5.11. The second kappa shape index (κ2) is 12.7. The predicted molar refractivity (Wildman–Crippen MR) is 146 cm³/mol. The summed E-state index contributed by atoms with van der Waals surface area (Å²) in [6.07, 6.45) is 0.207. The summed E-state index contributed by atoms with van der Waals surface area (Å²) in [5, 5.41) is 2.63. The van der Waals surface area contributed by atoms with Gasteiger partial charge in [0.2, 0.25) is 11.8 Å². The van der Waals surface area contributed by atoms with Gasteiger partial charge in [-0.15, -0.1) is 0 Å². The van der Waals surface area contributed by atoms with Crippen LogP contribution in [0, 0.1) is 12.7 Å². The summed E-state index contributed by atoms with van der Waals surface area (Å²) < 4.78 is 42.9. The Morgan fingerprint density at radius 1 is 0.921 bits per heavy atom. The molecule has 3 aromatic carbocycles. The van der Waals surface area contributed by atoms with E-state index in [1.165, 1.54) is 44.2 Å². The minimum Gasteiger partial charge on any atom is -0.357 e. The normalized spacial score (nSPS) is 12.2. The summed E-state index contributed by atoms with van der Waals surface area (Å²) in [5.74, 6) is -1.83. The minimum atomic E-state index is -4.26. The molecule has 3 aromatic rings. The Hall–Kier alpha value is -3.76. The fraction of sp³-hybridized carbons (Fsp3) is 0.286. The quantitative estimate of drug-likeness (QED) is 0.405. The van der Waals surface area contributed by atoms with Gasteiger partial charge in [0.1, 0.15) is 18.4 Å². The first-order valence-electron chi connectivity index (χ1n) is 12.1. The highest BCUT2D eigenvalue weighted by molar-refractivity contribution is 7.90. The number of halogens is 1. The van der Waals surface area contributed by atoms with Crippen LogP contribution in [0.1, 0.15) is 16.7 Å². The van der Waals surface area contributed by atoms with E-state index in [1.807, 2.05) is 61.5 Å². The van der Waals surface area contributed by atoms with Gasteiger partial charge in [0.05, 0.1) is 5.69 Å². The molecule has 0 aliphatic heterocycles. The number of hydrogen-bond acceptors (Lipinski definition) is 4. The van der Waals surface area contributed by atoms with Gasteiger partial charge < -0.3 is 10.2 Å². The van der Waals surface area contributed by atoms with Gasteiger partial charge in [-0.3, -0.25) is 9.59 Å². The van der Waals surface area contributed by atoms with Crippen molar-refractivity contribution in [3.8, 4) is 0 Å². The van der Waals surface area contributed by atoms with E-state index >= 15 is 0 Å². The molecule has 0 unspecified atom stereocenters. The van der Waals surface area contributed by atoms with Gasteiger partial charge in [0, 0.05) is 34.1 Å². The van der Waals surface area contributed by atoms with E-state index in [4.69, 9.17) is 0 Å². The molecule has 0 spiro atoms. The molecule has 3 rings (SSSR count). The molecule has 0 saturated heterocycles. The van der Waals surface area contributed by atoms with Crippen LogP contribution in [0.25, 0.3) is 0 Å². The number of anilines is 1. The Labute approximate surface area is 223 Å². The van der Waals surface area contributed by atoms with E-state index in [1.54, 1.807) is 0 Å². The lowest BCUT2D eigenvalue weighted by atomic mass is 10.0. The maximum atomic E-state index is 14.8. The third-order valence-electron chi connectivity index (χ3n) is 6.26. The highest BCUT2D eigenvalue weighted by Crippen LogP contribution is 2.24. The van der Waals surface area contributed by atoms with Crippen LogP contribution in [0.3, 0.4) is 0 Å². The highest BCUT2D eigenvalue weighted by Gasteiger charge is 2.35. The van der Waals surface area contributed by atoms with Gasteiger partial charge in [-0.25, -0.2) is 8.70 Å². The van der Waals surface area contributed by atoms with Crippen LogP contribution in [0.2, 0.25) is 0 Å². The second-order valence-corrected chi connectivity index (χ2v) is 11.1. The smallest absolute Gasteiger partial charge is 0.304 e. The van der Waals surface area contributed by atoms with Crippen molar-refractivity contribution in [1.29, 1.82) is 0 Å². The van der Waals surface area contributed by atoms with Crippen LogP contribution >= 0.6 is 0 Å². The maximum Gasteiger partial charge on any atom is 0.304 e. The number of benzene rings is 3. The number of nitrogens with zero attached hydrogens (tertiary/aromatic N) is 3. The molecule has 8 nitrogen and oxygen atoms in total. The fourth-order valence-electron chi connectivity index (χ4n) is 4.05. The van der Waals surface area contributed by atoms with Gasteiger partial charge in [-0.2, -0.15) is 12.7 Å². The van der Waals surface area contributed by atoms with Crippen LogP contribution in [-0.4, -0.2) is 63.2 Å². The molecule has 0 aromatic heterocycles. The molecule has 10 heteroatoms. The number of aryl methyl sites for hydroxylation is 1. The average Bonchev–Trinajstić information content (AvgIpc) is 2.90. The lowest BCUT2D eigenvalue weighted by molar-refractivity contribution is -0.139. The summed E-state index contributed by atoms with van der Waals surface area (Å²) in [5.41, 5.74) is 2.28. The first kappa shape index (κ1) is 28.8. The Bertz CT molecular complexity index is 1370. The van der Waals surface area contributed by atoms with E-state index in [9.17, 15) is 22.4 Å². The van der Waals surface area contributed by atoms with Crippen molar-refractivity contribution in [2.75, 3.05) is 32.0 Å². The molecule has 1 N–H and O–H groups in total. The number of hydrogen-bond donors (Lipinski definition) is 1. The zero-order chi connectivity index (χ0) is 27.9. The van der Waals surface area contributed by atoms with Crippen LogP contribution in [0.5, 0.6) is 0 Å². The zero-order valence-corrected chi connectivity index (χ0v) is 22.8. The number of carbonyl (C=O) groups is 2. The van der Waals surface area contributed by atoms with Gasteiger partial charge in [-0.1, -0.05) is 66.7 Å². The summed E-state index contributed by atoms with van der Waals surface area (Å²) in [6, 6.07) is 21.1. The number of para-hydroxylation sites is 1. The van der Waals surface area contributed by atoms with Crippen molar-refractivity contribution in [3.05, 3.63) is 101 Å². The second-order valence-electron chi connectivity index (χ2n) is 9.02. The number of carbonyl (C=O) groups excluding carboxylic acids is 2. The van der Waals surface area contributed by atoms with Crippen LogP contribution in [0.15, 0.2) is 78.9 Å². The van der Waals surface area contributed by atoms with Gasteiger partial charge >= 0.3 is 10.2 Å². The van der Waals surface area contributed by atoms with Gasteiger partial charge in [0.25, 0.3) is 0 Å². The molecular formula is C28H33FN4O4S. The van der Waals surface area contributed by atoms with Crippen LogP contribution < -0.4 is 9.62 Å². The largest absolute Gasteiger partial charge is 0.357 e. The molecule has 0 aliphatic rings. The van der Waals surface area contributed by atoms with Gasteiger partial charge in [0.15, 0.2) is 0 Å². The molecule has 0 heterocycles. The zero-order valence-electron chi connectivity index (χ0n) is 22.0. The third-order valence-corrected chi connectivity index (χ3v) is 8.07. The van der Waals surface area contributed by atoms with Crippen molar-refractivity contribution in [2.45, 2.75) is 25.9 Å². The number of likely N-dealkylation sites (N-methyl/N-ethyl adjacent to an activating group) is 1. The topological polar surface area (TPSA) is 90.0 Å². The summed E-state index contributed by atoms with van der Waals surface area (Å²) in [4.78, 5) is 28.5. The number of rotatable bonds is 11. The summed E-state index contributed by atoms with van der Waals surface area (Å²) in [6.45, 7) is 1.26. The van der Waals surface area contributed by atoms with E-state index in [-0.39, 0.29) is 18.7 Å². The van der Waals surface area contributed by atoms with Crippen molar-refractivity contribution in [1.82, 2.24) is 14.5 Å². The number of nitrogens with one attached hydrogen (secondary N) is 1. The highest BCUT2D eigenvalue weighted by atomic mass is 32.2. The average molecular weight is 541 g/mol. The lowest BCUT2D eigenvalue weighted by Crippen LogP contribution is -2.54. The standard InChI is InChI=1S/C28H33FN4O4S/c1-21-12-8-9-15-23(21)19-32(26(28(35)30-2)18-22-13-6-5-7-14-22)27(34)20-33(38(36,37)31(3)4)25-17-11-10-16-24(25)29/h5-17,26H,18-20H2,1-4H3,(H,30,35)/t26-/m1/s1. The lowest BCUT2D eigenvalue weighted by Gasteiger charge is -2.34. The third kappa shape index (κ3) is 6.76. The van der Waals surface area contributed by atoms with Gasteiger partial charge in [-0.05, 0) is 35.7 Å². The Balaban J connectivity index is 2.09. The number of amides is 2. The Kier molecular flexibility index (Phi) is 9.60. The monoisotopic (exact) mass is 540 g/mol. The van der Waals surface area contributed by atoms with Crippen molar-refractivity contribution in [3.63, 3.8) is 0 Å². The van der Waals surface area contributed by atoms with Crippen molar-refractivity contribution in [2.24, 2.45) is 0 Å². The predicted octanol–water partition coefficient (Wildman–Crippen LogP) is 3.13. The molecule has 0 bridgehead atoms. The Morgan fingerprint density at radius 3 is 2.13 bits per heavy atom. The summed E-state index contributed by atoms with van der Waals surface area (Å²) in [7, 11) is -0.157. The molecule has 0 saturated carbocycles. The van der Waals surface area contributed by atoms with E-state index < -0.39 is 40.4 Å². The Morgan fingerprint density at radius 2 is 1.53 bits per heavy atom. The molecule has 1 atom stereocenters. The molecule has 2 amide bonds. The molecule has 38 heavy (non-hydrogen) atoms. The molecule has 0 radical (unpaired) electrons. The first-order valence-corrected chi connectivity index (χ1v) is 13.5. The van der Waals surface area contributed by atoms with E-state index in [0.29, 0.717) is 0 Å². The van der Waals surface area contributed by atoms with E-state index in [2.05, 4.69) is 5.32 Å². The molecular weight excluding hydrogens is 507 g/mol. The SMILES string of the molecule is CNC(=O)[C@@H](Cc1ccccc1)N(Cc1ccccc1C)C(=O)CN(c1ccccc1F)S(=O)(=O)N(C)C. The van der Waals surface area contributed by atoms with Crippen molar-refractivity contribution < 1.29 is 22.4 Å². The maximum absolute atomic E-state index is 14.8.